The number of phenolic OH excluding ortho intramolecular Hbond substituents is 1. The number of anilines is 1. The molecule has 0 radical (unpaired) electrons. The van der Waals surface area contributed by atoms with Crippen LogP contribution >= 0.6 is 11.6 Å². The maximum absolute atomic E-state index is 12.7. The van der Waals surface area contributed by atoms with E-state index in [0.717, 1.165) is 40.8 Å². The van der Waals surface area contributed by atoms with Crippen LogP contribution in [0.1, 0.15) is 32.0 Å². The van der Waals surface area contributed by atoms with Crippen LogP contribution in [0, 0.1) is 0 Å². The predicted octanol–water partition coefficient (Wildman–Crippen LogP) is 4.64. The van der Waals surface area contributed by atoms with Crippen molar-refractivity contribution in [3.63, 3.8) is 0 Å². The number of nitrogens with one attached hydrogen (secondary N) is 1. The fraction of sp³-hybridized carbons (Fsp3) is 0.115. The average molecular weight is 475 g/mol. The number of hydrogen-bond acceptors (Lipinski definition) is 5. The highest BCUT2D eigenvalue weighted by Crippen LogP contribution is 2.38. The molecule has 8 heteroatoms. The number of aldehydes is 1. The number of aryl methyl sites for hydroxylation is 1. The van der Waals surface area contributed by atoms with Gasteiger partial charge in [-0.15, -0.1) is 0 Å². The van der Waals surface area contributed by atoms with Crippen LogP contribution in [0.15, 0.2) is 66.7 Å². The minimum Gasteiger partial charge on any atom is -0.508 e. The Hall–Kier alpha value is -3.94. The molecule has 1 aliphatic rings. The van der Waals surface area contributed by atoms with E-state index in [1.165, 1.54) is 7.05 Å². The number of nitrogens with zero attached hydrogens (tertiary/aromatic N) is 2. The number of carbonyl (C=O) groups excluding carboxylic acids is 2. The summed E-state index contributed by atoms with van der Waals surface area (Å²) in [5, 5.41) is 17.5. The molecule has 34 heavy (non-hydrogen) atoms. The second-order valence-corrected chi connectivity index (χ2v) is 7.97. The second kappa shape index (κ2) is 9.91. The normalized spacial score (nSPS) is 11.5. The molecule has 0 atom stereocenters. The van der Waals surface area contributed by atoms with E-state index >= 15 is 0 Å². The van der Waals surface area contributed by atoms with Gasteiger partial charge in [0.2, 0.25) is 0 Å². The first-order valence-corrected chi connectivity index (χ1v) is 11.1. The molecule has 4 N–H and O–H groups in total. The molecule has 1 aliphatic carbocycles. The fourth-order valence-corrected chi connectivity index (χ4v) is 4.28. The summed E-state index contributed by atoms with van der Waals surface area (Å²) in [4.78, 5) is 24.4. The van der Waals surface area contributed by atoms with Crippen molar-refractivity contribution in [3.05, 3.63) is 94.1 Å². The quantitative estimate of drug-likeness (QED) is 0.373. The minimum absolute atomic E-state index is 0.148. The number of hydrogen-bond donors (Lipinski definition) is 3. The molecule has 5 rings (SSSR count). The van der Waals surface area contributed by atoms with Gasteiger partial charge in [-0.1, -0.05) is 29.8 Å². The number of aromatic nitrogens is 2. The van der Waals surface area contributed by atoms with Crippen LogP contribution in [0.2, 0.25) is 5.02 Å². The lowest BCUT2D eigenvalue weighted by Crippen LogP contribution is -2.13. The Balaban J connectivity index is 0.00000133. The predicted molar refractivity (Wildman–Crippen MR) is 133 cm³/mol. The van der Waals surface area contributed by atoms with Crippen LogP contribution < -0.4 is 11.1 Å². The van der Waals surface area contributed by atoms with Crippen molar-refractivity contribution in [2.24, 2.45) is 5.73 Å². The van der Waals surface area contributed by atoms with Gasteiger partial charge >= 0.3 is 0 Å². The van der Waals surface area contributed by atoms with Crippen molar-refractivity contribution >= 4 is 29.5 Å². The number of rotatable bonds is 4. The molecular weight excluding hydrogens is 452 g/mol. The number of aromatic hydroxyl groups is 1. The van der Waals surface area contributed by atoms with Crippen LogP contribution in [-0.4, -0.2) is 34.1 Å². The summed E-state index contributed by atoms with van der Waals surface area (Å²) in [5.41, 5.74) is 10.3. The average Bonchev–Trinajstić information content (AvgIpc) is 3.25. The summed E-state index contributed by atoms with van der Waals surface area (Å²) in [7, 11) is 1.50. The molecule has 0 saturated carbocycles. The van der Waals surface area contributed by atoms with E-state index in [1.54, 1.807) is 53.2 Å². The van der Waals surface area contributed by atoms with Crippen molar-refractivity contribution in [3.8, 4) is 22.7 Å². The van der Waals surface area contributed by atoms with E-state index < -0.39 is 0 Å². The van der Waals surface area contributed by atoms with Gasteiger partial charge in [-0.3, -0.25) is 9.59 Å². The lowest BCUT2D eigenvalue weighted by atomic mass is 9.88. The first-order valence-electron chi connectivity index (χ1n) is 10.7. The van der Waals surface area contributed by atoms with E-state index in [0.29, 0.717) is 28.4 Å². The van der Waals surface area contributed by atoms with Gasteiger partial charge in [0.1, 0.15) is 11.4 Å². The number of amides is 1. The first kappa shape index (κ1) is 23.2. The topological polar surface area (TPSA) is 110 Å². The second-order valence-electron chi connectivity index (χ2n) is 7.56. The summed E-state index contributed by atoms with van der Waals surface area (Å²) in [5.74, 6) is -0.150. The van der Waals surface area contributed by atoms with Gasteiger partial charge in [-0.05, 0) is 74.0 Å². The SMILES string of the molecule is CN.O=Cc1nn(-c2ccc(O)cc2)c2c1CCc1ccc(NC(=O)c3ccccc3Cl)cc1-2. The van der Waals surface area contributed by atoms with Crippen LogP contribution in [0.5, 0.6) is 5.75 Å². The van der Waals surface area contributed by atoms with E-state index in [9.17, 15) is 14.7 Å². The molecule has 7 nitrogen and oxygen atoms in total. The van der Waals surface area contributed by atoms with Gasteiger partial charge in [0.05, 0.1) is 22.0 Å². The molecule has 0 saturated heterocycles. The van der Waals surface area contributed by atoms with Crippen molar-refractivity contribution in [2.75, 3.05) is 12.4 Å². The highest BCUT2D eigenvalue weighted by Gasteiger charge is 2.26. The maximum Gasteiger partial charge on any atom is 0.257 e. The lowest BCUT2D eigenvalue weighted by molar-refractivity contribution is 0.102. The molecule has 1 heterocycles. The minimum atomic E-state index is -0.299. The summed E-state index contributed by atoms with van der Waals surface area (Å²) < 4.78 is 1.72. The Kier molecular flexibility index (Phi) is 6.77. The number of phenols is 1. The molecule has 1 aromatic heterocycles. The number of benzene rings is 3. The van der Waals surface area contributed by atoms with Gasteiger partial charge in [0.25, 0.3) is 5.91 Å². The van der Waals surface area contributed by atoms with Crippen LogP contribution in [-0.2, 0) is 12.8 Å². The zero-order chi connectivity index (χ0) is 24.2. The lowest BCUT2D eigenvalue weighted by Gasteiger charge is -2.20. The van der Waals surface area contributed by atoms with Crippen molar-refractivity contribution in [2.45, 2.75) is 12.8 Å². The molecule has 0 aliphatic heterocycles. The van der Waals surface area contributed by atoms with E-state index in [4.69, 9.17) is 11.6 Å². The summed E-state index contributed by atoms with van der Waals surface area (Å²) in [6.07, 6.45) is 2.23. The zero-order valence-corrected chi connectivity index (χ0v) is 19.2. The fourth-order valence-electron chi connectivity index (χ4n) is 4.06. The van der Waals surface area contributed by atoms with E-state index in [-0.39, 0.29) is 11.7 Å². The van der Waals surface area contributed by atoms with Crippen molar-refractivity contribution < 1.29 is 14.7 Å². The number of nitrogens with two attached hydrogens (primary N) is 1. The van der Waals surface area contributed by atoms with Crippen molar-refractivity contribution in [1.82, 2.24) is 9.78 Å². The molecule has 0 spiro atoms. The summed E-state index contributed by atoms with van der Waals surface area (Å²) >= 11 is 6.16. The van der Waals surface area contributed by atoms with Crippen LogP contribution in [0.25, 0.3) is 16.9 Å². The van der Waals surface area contributed by atoms with Gasteiger partial charge in [-0.25, -0.2) is 4.68 Å². The van der Waals surface area contributed by atoms with Crippen molar-refractivity contribution in [1.29, 1.82) is 0 Å². The van der Waals surface area contributed by atoms with Gasteiger partial charge in [0.15, 0.2) is 6.29 Å². The molecule has 3 aromatic carbocycles. The van der Waals surface area contributed by atoms with E-state index in [2.05, 4.69) is 16.1 Å². The monoisotopic (exact) mass is 474 g/mol. The van der Waals surface area contributed by atoms with Crippen LogP contribution in [0.4, 0.5) is 5.69 Å². The number of fused-ring (bicyclic) bond motifs is 3. The zero-order valence-electron chi connectivity index (χ0n) is 18.5. The van der Waals surface area contributed by atoms with Gasteiger partial charge in [0, 0.05) is 16.8 Å². The van der Waals surface area contributed by atoms with Crippen LogP contribution in [0.3, 0.4) is 0 Å². The molecular formula is C26H23ClN4O3. The Morgan fingerprint density at radius 3 is 2.53 bits per heavy atom. The third kappa shape index (κ3) is 4.31. The standard InChI is InChI=1S/C25H18ClN3O3.CH5N/c26-22-4-2-1-3-19(22)25(32)27-16-7-5-15-6-12-20-23(14-30)28-29(24(20)21(15)13-16)17-8-10-18(31)11-9-17;1-2/h1-5,7-11,13-14,31H,6,12H2,(H,27,32);2H2,1H3. The molecule has 0 bridgehead atoms. The molecule has 0 fully saturated rings. The molecule has 0 unspecified atom stereocenters. The van der Waals surface area contributed by atoms with Gasteiger partial charge < -0.3 is 16.2 Å². The largest absolute Gasteiger partial charge is 0.508 e. The number of carbonyl (C=O) groups is 2. The third-order valence-electron chi connectivity index (χ3n) is 5.61. The highest BCUT2D eigenvalue weighted by molar-refractivity contribution is 6.34. The molecule has 1 amide bonds. The Bertz CT molecular complexity index is 1360. The molecule has 4 aromatic rings. The summed E-state index contributed by atoms with van der Waals surface area (Å²) in [6.45, 7) is 0. The van der Waals surface area contributed by atoms with E-state index in [1.807, 2.05) is 18.2 Å². The maximum atomic E-state index is 12.7. The smallest absolute Gasteiger partial charge is 0.257 e. The third-order valence-corrected chi connectivity index (χ3v) is 5.94. The Labute approximate surface area is 201 Å². The summed E-state index contributed by atoms with van der Waals surface area (Å²) in [6, 6.07) is 19.3. The highest BCUT2D eigenvalue weighted by atomic mass is 35.5. The van der Waals surface area contributed by atoms with Gasteiger partial charge in [-0.2, -0.15) is 5.10 Å². The Morgan fingerprint density at radius 2 is 1.82 bits per heavy atom. The molecule has 172 valence electrons. The number of halogens is 1. The Morgan fingerprint density at radius 1 is 1.09 bits per heavy atom. The first-order chi connectivity index (χ1) is 16.5.